The van der Waals surface area contributed by atoms with Crippen LogP contribution in [0.1, 0.15) is 71.1 Å². The van der Waals surface area contributed by atoms with Crippen LogP contribution in [0.15, 0.2) is 18.2 Å². The van der Waals surface area contributed by atoms with Crippen LogP contribution in [-0.2, 0) is 21.7 Å². The van der Waals surface area contributed by atoms with Gasteiger partial charge in [0.25, 0.3) is 5.91 Å². The second-order valence-corrected chi connectivity index (χ2v) is 8.57. The van der Waals surface area contributed by atoms with Crippen LogP contribution in [0, 0.1) is 6.92 Å². The maximum absolute atomic E-state index is 14.0. The predicted octanol–water partition coefficient (Wildman–Crippen LogP) is 5.40. The number of aromatic nitrogens is 1. The molecule has 2 aromatic rings. The van der Waals surface area contributed by atoms with Crippen LogP contribution in [0.3, 0.4) is 0 Å². The molecule has 6 heteroatoms. The zero-order chi connectivity index (χ0) is 22.5. The Hall–Kier alpha value is -2.01. The number of carbonyl (C=O) groups is 2. The number of hydrogen-bond acceptors (Lipinski definition) is 2. The van der Waals surface area contributed by atoms with E-state index in [1.54, 1.807) is 4.90 Å². The number of likely N-dealkylation sites (N-methyl/N-ethyl adjacent to an activating group) is 1. The third kappa shape index (κ3) is 4.66. The summed E-state index contributed by atoms with van der Waals surface area (Å²) in [5.41, 5.74) is 1.79. The number of rotatable bonds is 10. The minimum absolute atomic E-state index is 0.0576. The fraction of sp³-hybridized carbons (Fsp3) is 0.583. The number of amides is 2. The average molecular weight is 434 g/mol. The number of aryl methyl sites for hydroxylation is 1. The molecule has 5 nitrogen and oxygen atoms in total. The molecule has 0 aliphatic rings. The van der Waals surface area contributed by atoms with Gasteiger partial charge in [-0.15, -0.1) is 0 Å². The maximum Gasteiger partial charge on any atom is 0.252 e. The molecule has 30 heavy (non-hydrogen) atoms. The number of halogens is 1. The Kier molecular flexibility index (Phi) is 8.36. The first-order valence-electron chi connectivity index (χ1n) is 11.1. The molecule has 1 unspecified atom stereocenters. The first-order chi connectivity index (χ1) is 14.2. The molecule has 166 valence electrons. The van der Waals surface area contributed by atoms with Gasteiger partial charge in [0.05, 0.1) is 0 Å². The van der Waals surface area contributed by atoms with Crippen LogP contribution in [0.4, 0.5) is 0 Å². The van der Waals surface area contributed by atoms with Crippen LogP contribution in [0.25, 0.3) is 10.9 Å². The average Bonchev–Trinajstić information content (AvgIpc) is 2.99. The standard InChI is InChI=1S/C24H36ClN3O2/c1-7-10-14-24(26-18(5)29,23(30)27(6)15-11-8-2)22-17(4)28(9-3)21-13-12-19(25)16-20(21)22/h12-13,16H,7-11,14-15H2,1-6H3,(H,26,29). The van der Waals surface area contributed by atoms with E-state index in [0.29, 0.717) is 18.0 Å². The molecule has 0 aliphatic heterocycles. The molecule has 1 heterocycles. The minimum Gasteiger partial charge on any atom is -0.345 e. The molecule has 0 spiro atoms. The third-order valence-electron chi connectivity index (χ3n) is 5.88. The summed E-state index contributed by atoms with van der Waals surface area (Å²) in [7, 11) is 1.84. The Morgan fingerprint density at radius 2 is 1.83 bits per heavy atom. The highest BCUT2D eigenvalue weighted by Gasteiger charge is 2.45. The predicted molar refractivity (Wildman–Crippen MR) is 125 cm³/mol. The van der Waals surface area contributed by atoms with E-state index in [4.69, 9.17) is 11.6 Å². The summed E-state index contributed by atoms with van der Waals surface area (Å²) in [4.78, 5) is 28.1. The highest BCUT2D eigenvalue weighted by molar-refractivity contribution is 6.31. The fourth-order valence-corrected chi connectivity index (χ4v) is 4.66. The second kappa shape index (κ2) is 10.3. The smallest absolute Gasteiger partial charge is 0.252 e. The minimum atomic E-state index is -1.11. The number of unbranched alkanes of at least 4 members (excludes halogenated alkanes) is 2. The summed E-state index contributed by atoms with van der Waals surface area (Å²) in [6.45, 7) is 11.3. The molecule has 0 bridgehead atoms. The van der Waals surface area contributed by atoms with Gasteiger partial charge in [-0.3, -0.25) is 9.59 Å². The van der Waals surface area contributed by atoms with Gasteiger partial charge in [0.2, 0.25) is 5.91 Å². The molecule has 1 atom stereocenters. The number of fused-ring (bicyclic) bond motifs is 1. The lowest BCUT2D eigenvalue weighted by Crippen LogP contribution is -2.56. The topological polar surface area (TPSA) is 54.3 Å². The first-order valence-corrected chi connectivity index (χ1v) is 11.4. The van der Waals surface area contributed by atoms with E-state index in [1.165, 1.54) is 6.92 Å². The van der Waals surface area contributed by atoms with Gasteiger partial charge in [-0.05, 0) is 44.9 Å². The normalized spacial score (nSPS) is 13.3. The van der Waals surface area contributed by atoms with E-state index >= 15 is 0 Å². The van der Waals surface area contributed by atoms with Crippen molar-refractivity contribution in [3.8, 4) is 0 Å². The van der Waals surface area contributed by atoms with Gasteiger partial charge in [-0.25, -0.2) is 0 Å². The molecule has 0 aliphatic carbocycles. The van der Waals surface area contributed by atoms with Crippen molar-refractivity contribution in [1.29, 1.82) is 0 Å². The van der Waals surface area contributed by atoms with Crippen molar-refractivity contribution in [2.45, 2.75) is 78.8 Å². The quantitative estimate of drug-likeness (QED) is 0.545. The summed E-state index contributed by atoms with van der Waals surface area (Å²) in [5.74, 6) is -0.264. The van der Waals surface area contributed by atoms with Gasteiger partial charge in [-0.1, -0.05) is 44.7 Å². The molecule has 1 aromatic carbocycles. The summed E-state index contributed by atoms with van der Waals surface area (Å²) >= 11 is 6.37. The largest absolute Gasteiger partial charge is 0.345 e. The number of carbonyl (C=O) groups excluding carboxylic acids is 2. The van der Waals surface area contributed by atoms with Crippen molar-refractivity contribution >= 4 is 34.3 Å². The van der Waals surface area contributed by atoms with E-state index in [1.807, 2.05) is 32.2 Å². The van der Waals surface area contributed by atoms with Crippen molar-refractivity contribution in [3.05, 3.63) is 34.5 Å². The molecule has 0 radical (unpaired) electrons. The van der Waals surface area contributed by atoms with Crippen molar-refractivity contribution < 1.29 is 9.59 Å². The van der Waals surface area contributed by atoms with E-state index in [-0.39, 0.29) is 11.8 Å². The van der Waals surface area contributed by atoms with Crippen molar-refractivity contribution in [2.24, 2.45) is 0 Å². The molecule has 1 N–H and O–H groups in total. The molecule has 0 fully saturated rings. The van der Waals surface area contributed by atoms with Gasteiger partial charge in [0.15, 0.2) is 0 Å². The van der Waals surface area contributed by atoms with Gasteiger partial charge in [-0.2, -0.15) is 0 Å². The van der Waals surface area contributed by atoms with E-state index < -0.39 is 5.54 Å². The van der Waals surface area contributed by atoms with Crippen LogP contribution < -0.4 is 5.32 Å². The summed E-state index contributed by atoms with van der Waals surface area (Å²) in [6.07, 6.45) is 4.23. The first kappa shape index (κ1) is 24.3. The zero-order valence-electron chi connectivity index (χ0n) is 19.3. The lowest BCUT2D eigenvalue weighted by molar-refractivity contribution is -0.141. The Labute approximate surface area is 185 Å². The Morgan fingerprint density at radius 1 is 1.17 bits per heavy atom. The van der Waals surface area contributed by atoms with Crippen LogP contribution >= 0.6 is 11.6 Å². The number of benzene rings is 1. The van der Waals surface area contributed by atoms with Crippen molar-refractivity contribution in [3.63, 3.8) is 0 Å². The van der Waals surface area contributed by atoms with Crippen LogP contribution in [0.2, 0.25) is 5.02 Å². The van der Waals surface area contributed by atoms with Crippen LogP contribution in [0.5, 0.6) is 0 Å². The fourth-order valence-electron chi connectivity index (χ4n) is 4.48. The summed E-state index contributed by atoms with van der Waals surface area (Å²) < 4.78 is 2.20. The van der Waals surface area contributed by atoms with E-state index in [2.05, 4.69) is 30.7 Å². The Morgan fingerprint density at radius 3 is 2.40 bits per heavy atom. The number of nitrogens with zero attached hydrogens (tertiary/aromatic N) is 2. The third-order valence-corrected chi connectivity index (χ3v) is 6.12. The molecule has 2 amide bonds. The SMILES string of the molecule is CCCCN(C)C(=O)C(CCCC)(NC(C)=O)c1c(C)n(CC)c2ccc(Cl)cc12. The Balaban J connectivity index is 2.84. The van der Waals surface area contributed by atoms with Gasteiger partial charge in [0, 0.05) is 54.2 Å². The Bertz CT molecular complexity index is 905. The zero-order valence-corrected chi connectivity index (χ0v) is 20.0. The van der Waals surface area contributed by atoms with E-state index in [9.17, 15) is 9.59 Å². The van der Waals surface area contributed by atoms with Crippen LogP contribution in [-0.4, -0.2) is 34.9 Å². The van der Waals surface area contributed by atoms with Gasteiger partial charge in [0.1, 0.15) is 5.54 Å². The van der Waals surface area contributed by atoms with Crippen molar-refractivity contribution in [1.82, 2.24) is 14.8 Å². The van der Waals surface area contributed by atoms with Gasteiger partial charge < -0.3 is 14.8 Å². The second-order valence-electron chi connectivity index (χ2n) is 8.14. The molecule has 0 saturated carbocycles. The van der Waals surface area contributed by atoms with E-state index in [0.717, 1.165) is 54.4 Å². The summed E-state index contributed by atoms with van der Waals surface area (Å²) in [6, 6.07) is 5.80. The lowest BCUT2D eigenvalue weighted by atomic mass is 9.81. The highest BCUT2D eigenvalue weighted by atomic mass is 35.5. The van der Waals surface area contributed by atoms with Gasteiger partial charge >= 0.3 is 0 Å². The molecular formula is C24H36ClN3O2. The lowest BCUT2D eigenvalue weighted by Gasteiger charge is -2.37. The highest BCUT2D eigenvalue weighted by Crippen LogP contribution is 2.40. The molecule has 0 saturated heterocycles. The summed E-state index contributed by atoms with van der Waals surface area (Å²) in [5, 5.41) is 4.66. The maximum atomic E-state index is 14.0. The van der Waals surface area contributed by atoms with Crippen molar-refractivity contribution in [2.75, 3.05) is 13.6 Å². The monoisotopic (exact) mass is 433 g/mol. The molecule has 2 rings (SSSR count). The molecular weight excluding hydrogens is 398 g/mol. The number of nitrogens with one attached hydrogen (secondary N) is 1. The number of hydrogen-bond donors (Lipinski definition) is 1. The molecule has 1 aromatic heterocycles.